The monoisotopic (exact) mass is 507 g/mol. The van der Waals surface area contributed by atoms with E-state index in [2.05, 4.69) is 20.8 Å². The normalized spacial score (nSPS) is 18.9. The van der Waals surface area contributed by atoms with Gasteiger partial charge in [0, 0.05) is 24.8 Å². The second kappa shape index (κ2) is 11.1. The van der Waals surface area contributed by atoms with E-state index in [1.807, 2.05) is 31.2 Å². The van der Waals surface area contributed by atoms with Crippen molar-refractivity contribution in [3.05, 3.63) is 54.4 Å². The minimum atomic E-state index is -5.08. The SMILES string of the molecule is Cc1ccc(NC(=O)N2CCCC3(CC(C(=O)Nc4cccnc4)=NO3)C2)cc1.O=C(O)C(F)(F)F. The summed E-state index contributed by atoms with van der Waals surface area (Å²) in [4.78, 5) is 45.5. The van der Waals surface area contributed by atoms with Gasteiger partial charge in [0.05, 0.1) is 18.4 Å². The third kappa shape index (κ3) is 7.17. The minimum absolute atomic E-state index is 0.176. The molecule has 2 aliphatic heterocycles. The summed E-state index contributed by atoms with van der Waals surface area (Å²) in [7, 11) is 0. The van der Waals surface area contributed by atoms with Crippen LogP contribution in [-0.2, 0) is 14.4 Å². The van der Waals surface area contributed by atoms with E-state index in [1.54, 1.807) is 29.4 Å². The number of hydrogen-bond acceptors (Lipinski definition) is 6. The van der Waals surface area contributed by atoms with Gasteiger partial charge in [0.2, 0.25) is 0 Å². The van der Waals surface area contributed by atoms with Crippen LogP contribution in [0, 0.1) is 6.92 Å². The smallest absolute Gasteiger partial charge is 0.475 e. The van der Waals surface area contributed by atoms with Crippen LogP contribution in [0.25, 0.3) is 0 Å². The number of anilines is 2. The number of aryl methyl sites for hydroxylation is 1. The van der Waals surface area contributed by atoms with Crippen molar-refractivity contribution in [2.45, 2.75) is 38.0 Å². The van der Waals surface area contributed by atoms with Crippen molar-refractivity contribution >= 4 is 35.0 Å². The van der Waals surface area contributed by atoms with E-state index in [0.29, 0.717) is 30.9 Å². The number of carbonyl (C=O) groups is 3. The molecule has 0 aliphatic carbocycles. The number of oxime groups is 1. The van der Waals surface area contributed by atoms with Gasteiger partial charge in [0.25, 0.3) is 5.91 Å². The number of aliphatic carboxylic acids is 1. The Bertz CT molecular complexity index is 1130. The lowest BCUT2D eigenvalue weighted by atomic mass is 9.88. The summed E-state index contributed by atoms with van der Waals surface area (Å²) in [6.45, 7) is 3.03. The summed E-state index contributed by atoms with van der Waals surface area (Å²) in [5.41, 5.74) is 2.16. The predicted molar refractivity (Wildman–Crippen MR) is 123 cm³/mol. The summed E-state index contributed by atoms with van der Waals surface area (Å²) < 4.78 is 31.7. The quantitative estimate of drug-likeness (QED) is 0.579. The number of likely N-dealkylation sites (tertiary alicyclic amines) is 1. The largest absolute Gasteiger partial charge is 0.490 e. The average molecular weight is 507 g/mol. The number of piperidine rings is 1. The second-order valence-corrected chi connectivity index (χ2v) is 8.31. The number of nitrogens with one attached hydrogen (secondary N) is 2. The Morgan fingerprint density at radius 1 is 1.11 bits per heavy atom. The van der Waals surface area contributed by atoms with Crippen LogP contribution < -0.4 is 10.6 Å². The molecule has 1 spiro atoms. The Kier molecular flexibility index (Phi) is 8.12. The molecular formula is C23H24F3N5O5. The zero-order valence-corrected chi connectivity index (χ0v) is 19.2. The number of pyridine rings is 1. The summed E-state index contributed by atoms with van der Waals surface area (Å²) in [5, 5.41) is 16.8. The molecule has 192 valence electrons. The van der Waals surface area contributed by atoms with Crippen LogP contribution >= 0.6 is 0 Å². The molecule has 2 aliphatic rings. The van der Waals surface area contributed by atoms with Gasteiger partial charge in [0.15, 0.2) is 5.60 Å². The molecule has 3 N–H and O–H groups in total. The van der Waals surface area contributed by atoms with Crippen molar-refractivity contribution < 1.29 is 37.5 Å². The van der Waals surface area contributed by atoms with E-state index in [-0.39, 0.29) is 11.9 Å². The van der Waals surface area contributed by atoms with Crippen molar-refractivity contribution in [3.8, 4) is 0 Å². The Balaban J connectivity index is 0.000000454. The fourth-order valence-corrected chi connectivity index (χ4v) is 3.61. The maximum absolute atomic E-state index is 12.7. The Labute approximate surface area is 204 Å². The van der Waals surface area contributed by atoms with Gasteiger partial charge in [0.1, 0.15) is 5.71 Å². The van der Waals surface area contributed by atoms with E-state index in [1.165, 1.54) is 0 Å². The highest BCUT2D eigenvalue weighted by atomic mass is 19.4. The number of carbonyl (C=O) groups excluding carboxylic acids is 2. The molecular weight excluding hydrogens is 483 g/mol. The fourth-order valence-electron chi connectivity index (χ4n) is 3.61. The lowest BCUT2D eigenvalue weighted by molar-refractivity contribution is -0.192. The highest BCUT2D eigenvalue weighted by Crippen LogP contribution is 2.34. The third-order valence-electron chi connectivity index (χ3n) is 5.39. The minimum Gasteiger partial charge on any atom is -0.475 e. The molecule has 1 fully saturated rings. The van der Waals surface area contributed by atoms with E-state index in [4.69, 9.17) is 14.7 Å². The van der Waals surface area contributed by atoms with Gasteiger partial charge in [-0.05, 0) is 44.0 Å². The van der Waals surface area contributed by atoms with E-state index in [0.717, 1.165) is 24.1 Å². The molecule has 1 atom stereocenters. The molecule has 13 heteroatoms. The van der Waals surface area contributed by atoms with E-state index < -0.39 is 17.7 Å². The van der Waals surface area contributed by atoms with Gasteiger partial charge in [-0.15, -0.1) is 0 Å². The Morgan fingerprint density at radius 2 is 1.81 bits per heavy atom. The first-order valence-electron chi connectivity index (χ1n) is 10.9. The number of halogens is 3. The molecule has 4 rings (SSSR count). The molecule has 0 bridgehead atoms. The average Bonchev–Trinajstić information content (AvgIpc) is 3.24. The summed E-state index contributed by atoms with van der Waals surface area (Å²) in [5.74, 6) is -3.07. The highest BCUT2D eigenvalue weighted by molar-refractivity contribution is 6.43. The standard InChI is InChI=1S/C21H23N5O3.C2HF3O2/c1-15-5-7-16(8-6-15)24-20(28)26-11-3-9-21(14-26)12-18(25-29-21)19(27)23-17-4-2-10-22-13-17;3-2(4,5)1(6)7/h2,4-8,10,13H,3,9,11-12,14H2,1H3,(H,23,27)(H,24,28);(H,6,7). The van der Waals surface area contributed by atoms with Crippen molar-refractivity contribution in [2.24, 2.45) is 5.16 Å². The number of hydrogen-bond donors (Lipinski definition) is 3. The molecule has 3 heterocycles. The first-order valence-corrected chi connectivity index (χ1v) is 10.9. The van der Waals surface area contributed by atoms with Gasteiger partial charge >= 0.3 is 18.2 Å². The van der Waals surface area contributed by atoms with Crippen molar-refractivity contribution in [2.75, 3.05) is 23.7 Å². The van der Waals surface area contributed by atoms with Crippen LogP contribution in [0.2, 0.25) is 0 Å². The number of alkyl halides is 3. The van der Waals surface area contributed by atoms with Gasteiger partial charge in [-0.2, -0.15) is 13.2 Å². The predicted octanol–water partition coefficient (Wildman–Crippen LogP) is 3.80. The van der Waals surface area contributed by atoms with Crippen LogP contribution in [0.15, 0.2) is 53.9 Å². The zero-order chi connectivity index (χ0) is 26.3. The summed E-state index contributed by atoms with van der Waals surface area (Å²) in [6, 6.07) is 11.0. The molecule has 0 radical (unpaired) electrons. The molecule has 1 aromatic carbocycles. The van der Waals surface area contributed by atoms with Crippen molar-refractivity contribution in [3.63, 3.8) is 0 Å². The third-order valence-corrected chi connectivity index (χ3v) is 5.39. The number of aromatic nitrogens is 1. The first-order chi connectivity index (χ1) is 17.0. The number of nitrogens with zero attached hydrogens (tertiary/aromatic N) is 3. The van der Waals surface area contributed by atoms with Crippen LogP contribution in [-0.4, -0.2) is 63.5 Å². The van der Waals surface area contributed by atoms with Gasteiger partial charge in [-0.25, -0.2) is 9.59 Å². The van der Waals surface area contributed by atoms with E-state index in [9.17, 15) is 22.8 Å². The molecule has 10 nitrogen and oxygen atoms in total. The Hall–Kier alpha value is -4.16. The number of rotatable bonds is 3. The van der Waals surface area contributed by atoms with Crippen molar-refractivity contribution in [1.82, 2.24) is 9.88 Å². The number of benzene rings is 1. The molecule has 0 saturated carbocycles. The molecule has 2 aromatic rings. The zero-order valence-electron chi connectivity index (χ0n) is 19.2. The van der Waals surface area contributed by atoms with E-state index >= 15 is 0 Å². The van der Waals surface area contributed by atoms with Crippen LogP contribution in [0.5, 0.6) is 0 Å². The topological polar surface area (TPSA) is 133 Å². The number of carboxylic acid groups (broad SMARTS) is 1. The number of urea groups is 1. The number of amides is 3. The summed E-state index contributed by atoms with van der Waals surface area (Å²) in [6.07, 6.45) is 0.0249. The summed E-state index contributed by atoms with van der Waals surface area (Å²) >= 11 is 0. The maximum Gasteiger partial charge on any atom is 0.490 e. The van der Waals surface area contributed by atoms with Crippen molar-refractivity contribution in [1.29, 1.82) is 0 Å². The maximum atomic E-state index is 12.7. The lowest BCUT2D eigenvalue weighted by Gasteiger charge is -2.38. The van der Waals surface area contributed by atoms with Crippen LogP contribution in [0.4, 0.5) is 29.3 Å². The van der Waals surface area contributed by atoms with Gasteiger partial charge < -0.3 is 25.5 Å². The molecule has 1 saturated heterocycles. The van der Waals surface area contributed by atoms with Gasteiger partial charge in [-0.3, -0.25) is 9.78 Å². The second-order valence-electron chi connectivity index (χ2n) is 8.31. The van der Waals surface area contributed by atoms with Crippen LogP contribution in [0.1, 0.15) is 24.8 Å². The lowest BCUT2D eigenvalue weighted by Crippen LogP contribution is -2.52. The number of carboxylic acids is 1. The first kappa shape index (κ1) is 26.4. The van der Waals surface area contributed by atoms with Gasteiger partial charge in [-0.1, -0.05) is 22.9 Å². The molecule has 1 aromatic heterocycles. The molecule has 3 amide bonds. The Morgan fingerprint density at radius 3 is 2.42 bits per heavy atom. The molecule has 1 unspecified atom stereocenters. The molecule has 36 heavy (non-hydrogen) atoms. The van der Waals surface area contributed by atoms with Crippen LogP contribution in [0.3, 0.4) is 0 Å². The fraction of sp³-hybridized carbons (Fsp3) is 0.348. The highest BCUT2D eigenvalue weighted by Gasteiger charge is 2.45.